The van der Waals surface area contributed by atoms with Crippen LogP contribution in [0.4, 0.5) is 0 Å². The van der Waals surface area contributed by atoms with Crippen molar-refractivity contribution in [1.29, 1.82) is 0 Å². The molecule has 0 fully saturated rings. The highest BCUT2D eigenvalue weighted by Crippen LogP contribution is 2.21. The lowest BCUT2D eigenvalue weighted by Crippen LogP contribution is -2.52. The minimum absolute atomic E-state index is 0.0669. The highest BCUT2D eigenvalue weighted by Gasteiger charge is 2.34. The Kier molecular flexibility index (Phi) is 9.70. The third-order valence-corrected chi connectivity index (χ3v) is 5.81. The van der Waals surface area contributed by atoms with Gasteiger partial charge in [0.1, 0.15) is 17.9 Å². The van der Waals surface area contributed by atoms with Gasteiger partial charge in [0.05, 0.1) is 30.8 Å². The Morgan fingerprint density at radius 1 is 1.18 bits per heavy atom. The second-order valence-electron chi connectivity index (χ2n) is 7.41. The summed E-state index contributed by atoms with van der Waals surface area (Å²) in [5.41, 5.74) is 6.24. The number of carboxylic acids is 1. The van der Waals surface area contributed by atoms with E-state index in [1.54, 1.807) is 24.3 Å². The maximum atomic E-state index is 12.8. The first kappa shape index (κ1) is 26.2. The van der Waals surface area contributed by atoms with Crippen LogP contribution < -0.4 is 21.1 Å². The summed E-state index contributed by atoms with van der Waals surface area (Å²) in [4.78, 5) is 47.2. The second-order valence-corrected chi connectivity index (χ2v) is 8.40. The van der Waals surface area contributed by atoms with Crippen molar-refractivity contribution in [2.45, 2.75) is 37.1 Å². The molecule has 7 N–H and O–H groups in total. The molecule has 0 saturated carbocycles. The van der Waals surface area contributed by atoms with Crippen LogP contribution in [0.25, 0.3) is 0 Å². The molecule has 0 radical (unpaired) electrons. The van der Waals surface area contributed by atoms with E-state index in [1.165, 1.54) is 13.2 Å². The molecular formula is C21H27N3O8S. The average Bonchev–Trinajstić information content (AvgIpc) is 2.76. The summed E-state index contributed by atoms with van der Waals surface area (Å²) in [6.07, 6.45) is -1.45. The van der Waals surface area contributed by atoms with Gasteiger partial charge in [-0.2, -0.15) is 0 Å². The van der Waals surface area contributed by atoms with Crippen LogP contribution in [0.1, 0.15) is 12.0 Å². The minimum Gasteiger partial charge on any atom is -0.497 e. The van der Waals surface area contributed by atoms with E-state index in [4.69, 9.17) is 15.6 Å². The smallest absolute Gasteiger partial charge is 0.313 e. The molecule has 0 bridgehead atoms. The number of ether oxygens (including phenoxy) is 1. The lowest BCUT2D eigenvalue weighted by Gasteiger charge is -2.31. The second kappa shape index (κ2) is 12.2. The van der Waals surface area contributed by atoms with Gasteiger partial charge in [-0.25, -0.2) is 0 Å². The molecule has 3 amide bonds. The molecule has 1 aliphatic carbocycles. The van der Waals surface area contributed by atoms with Crippen LogP contribution in [0.15, 0.2) is 35.9 Å². The fraction of sp³-hybridized carbons (Fsp3) is 0.429. The first-order valence-corrected chi connectivity index (χ1v) is 11.1. The molecule has 2 rings (SSSR count). The van der Waals surface area contributed by atoms with E-state index in [1.807, 2.05) is 0 Å². The van der Waals surface area contributed by atoms with Crippen LogP contribution in [-0.4, -0.2) is 81.9 Å². The Morgan fingerprint density at radius 3 is 2.42 bits per heavy atom. The number of hydrogen-bond acceptors (Lipinski definition) is 8. The largest absolute Gasteiger partial charge is 0.497 e. The zero-order valence-electron chi connectivity index (χ0n) is 17.9. The van der Waals surface area contributed by atoms with Crippen molar-refractivity contribution in [3.05, 3.63) is 41.5 Å². The molecule has 0 spiro atoms. The minimum atomic E-state index is -1.36. The van der Waals surface area contributed by atoms with Crippen molar-refractivity contribution in [3.63, 3.8) is 0 Å². The summed E-state index contributed by atoms with van der Waals surface area (Å²) in [7, 11) is 1.52. The number of amides is 3. The Morgan fingerprint density at radius 2 is 1.85 bits per heavy atom. The fourth-order valence-corrected chi connectivity index (χ4v) is 3.74. The number of thioether (sulfide) groups is 1. The number of carbonyl (C=O) groups is 4. The fourth-order valence-electron chi connectivity index (χ4n) is 3.19. The quantitative estimate of drug-likeness (QED) is 0.220. The molecule has 11 nitrogen and oxygen atoms in total. The number of benzene rings is 1. The summed E-state index contributed by atoms with van der Waals surface area (Å²) >= 11 is 0.867. The first-order valence-electron chi connectivity index (χ1n) is 9.99. The van der Waals surface area contributed by atoms with Crippen molar-refractivity contribution in [1.82, 2.24) is 10.6 Å². The summed E-state index contributed by atoms with van der Waals surface area (Å²) in [6.45, 7) is 0. The SMILES string of the molecule is COc1ccc(CC(NC(=O)C2=CC(NC(=O)CSCC(=O)O)C(O)C(O)C2)C(N)=O)cc1. The van der Waals surface area contributed by atoms with Crippen molar-refractivity contribution >= 4 is 35.5 Å². The molecule has 0 saturated heterocycles. The lowest BCUT2D eigenvalue weighted by molar-refractivity contribution is -0.134. The molecule has 0 aromatic heterocycles. The van der Waals surface area contributed by atoms with Crippen LogP contribution >= 0.6 is 11.8 Å². The number of hydrogen-bond donors (Lipinski definition) is 6. The van der Waals surface area contributed by atoms with Crippen molar-refractivity contribution < 1.29 is 39.2 Å². The molecule has 4 atom stereocenters. The van der Waals surface area contributed by atoms with Gasteiger partial charge in [-0.15, -0.1) is 11.8 Å². The van der Waals surface area contributed by atoms with Crippen LogP contribution in [0.3, 0.4) is 0 Å². The summed E-state index contributed by atoms with van der Waals surface area (Å²) < 4.78 is 5.08. The molecule has 1 aliphatic rings. The number of methoxy groups -OCH3 is 1. The van der Waals surface area contributed by atoms with Crippen molar-refractivity contribution in [3.8, 4) is 5.75 Å². The molecule has 1 aromatic carbocycles. The predicted octanol–water partition coefficient (Wildman–Crippen LogP) is -1.44. The van der Waals surface area contributed by atoms with Gasteiger partial charge < -0.3 is 36.4 Å². The van der Waals surface area contributed by atoms with Gasteiger partial charge in [0.25, 0.3) is 0 Å². The van der Waals surface area contributed by atoms with E-state index in [2.05, 4.69) is 10.6 Å². The normalized spacial score (nSPS) is 20.8. The topological polar surface area (TPSA) is 188 Å². The van der Waals surface area contributed by atoms with E-state index in [0.717, 1.165) is 17.3 Å². The van der Waals surface area contributed by atoms with Crippen molar-refractivity contribution in [2.24, 2.45) is 5.73 Å². The number of aliphatic hydroxyl groups is 2. The van der Waals surface area contributed by atoms with Gasteiger partial charge in [0.15, 0.2) is 0 Å². The maximum absolute atomic E-state index is 12.8. The van der Waals surface area contributed by atoms with Crippen LogP contribution in [0.2, 0.25) is 0 Å². The number of aliphatic carboxylic acids is 1. The zero-order chi connectivity index (χ0) is 24.5. The van der Waals surface area contributed by atoms with Gasteiger partial charge >= 0.3 is 5.97 Å². The number of aliphatic hydroxyl groups excluding tert-OH is 2. The van der Waals surface area contributed by atoms with Gasteiger partial charge in [-0.05, 0) is 17.7 Å². The number of carboxylic acid groups (broad SMARTS) is 1. The van der Waals surface area contributed by atoms with Crippen molar-refractivity contribution in [2.75, 3.05) is 18.6 Å². The molecule has 33 heavy (non-hydrogen) atoms. The van der Waals surface area contributed by atoms with E-state index in [0.29, 0.717) is 5.75 Å². The monoisotopic (exact) mass is 481 g/mol. The number of nitrogens with one attached hydrogen (secondary N) is 2. The Balaban J connectivity index is 2.05. The van der Waals surface area contributed by atoms with E-state index < -0.39 is 48.0 Å². The summed E-state index contributed by atoms with van der Waals surface area (Å²) in [5.74, 6) is -2.87. The van der Waals surface area contributed by atoms with Gasteiger partial charge in [-0.3, -0.25) is 19.2 Å². The highest BCUT2D eigenvalue weighted by molar-refractivity contribution is 8.00. The van der Waals surface area contributed by atoms with E-state index in [9.17, 15) is 29.4 Å². The molecule has 1 aromatic rings. The van der Waals surface area contributed by atoms with Crippen LogP contribution in [0.5, 0.6) is 5.75 Å². The van der Waals surface area contributed by atoms with Gasteiger partial charge in [0.2, 0.25) is 17.7 Å². The Bertz CT molecular complexity index is 905. The number of nitrogens with two attached hydrogens (primary N) is 1. The standard InChI is InChI=1S/C21H27N3O8S/c1-32-13-4-2-11(3-5-13)6-15(20(22)30)24-21(31)12-7-14(19(29)16(25)8-12)23-17(26)9-33-10-18(27)28/h2-5,7,14-16,19,25,29H,6,8-10H2,1H3,(H2,22,30)(H,23,26)(H,24,31)(H,27,28). The Labute approximate surface area is 194 Å². The maximum Gasteiger partial charge on any atom is 0.313 e. The predicted molar refractivity (Wildman–Crippen MR) is 119 cm³/mol. The first-order chi connectivity index (χ1) is 15.6. The molecule has 4 unspecified atom stereocenters. The third-order valence-electron chi connectivity index (χ3n) is 4.90. The molecular weight excluding hydrogens is 454 g/mol. The van der Waals surface area contributed by atoms with Crippen LogP contribution in [0, 0.1) is 0 Å². The number of rotatable bonds is 11. The summed E-state index contributed by atoms with van der Waals surface area (Å²) in [6, 6.07) is 4.78. The lowest BCUT2D eigenvalue weighted by atomic mass is 9.89. The van der Waals surface area contributed by atoms with Gasteiger partial charge in [0, 0.05) is 18.4 Å². The summed E-state index contributed by atoms with van der Waals surface area (Å²) in [5, 5.41) is 34.0. The van der Waals surface area contributed by atoms with Crippen LogP contribution in [-0.2, 0) is 25.6 Å². The van der Waals surface area contributed by atoms with E-state index in [-0.39, 0.29) is 29.9 Å². The molecule has 0 heterocycles. The third kappa shape index (κ3) is 8.08. The molecule has 12 heteroatoms. The zero-order valence-corrected chi connectivity index (χ0v) is 18.7. The average molecular weight is 482 g/mol. The van der Waals surface area contributed by atoms with E-state index >= 15 is 0 Å². The molecule has 0 aliphatic heterocycles. The van der Waals surface area contributed by atoms with Gasteiger partial charge in [-0.1, -0.05) is 18.2 Å². The number of primary amides is 1. The molecule has 180 valence electrons. The highest BCUT2D eigenvalue weighted by atomic mass is 32.2. The number of carbonyl (C=O) groups excluding carboxylic acids is 3. The Hall–Kier alpha value is -3.09.